The average molecular weight is 450 g/mol. The van der Waals surface area contributed by atoms with E-state index < -0.39 is 12.1 Å². The number of hydrogen-bond donors (Lipinski definition) is 3. The summed E-state index contributed by atoms with van der Waals surface area (Å²) in [6, 6.07) is 24.0. The summed E-state index contributed by atoms with van der Waals surface area (Å²) < 4.78 is 0. The molecule has 3 aromatic carbocycles. The van der Waals surface area contributed by atoms with Crippen LogP contribution in [0.25, 0.3) is 11.1 Å². The third-order valence-electron chi connectivity index (χ3n) is 5.76. The molecule has 2 amide bonds. The summed E-state index contributed by atoms with van der Waals surface area (Å²) in [4.78, 5) is 17.7. The predicted octanol–water partition coefficient (Wildman–Crippen LogP) is 5.54. The number of phenols is 2. The second-order valence-corrected chi connectivity index (χ2v) is 7.93. The van der Waals surface area contributed by atoms with Crippen molar-refractivity contribution in [2.24, 2.45) is 5.10 Å². The highest BCUT2D eigenvalue weighted by atomic mass is 16.3. The van der Waals surface area contributed by atoms with Crippen LogP contribution in [0.15, 0.2) is 102 Å². The Hall–Kier alpha value is -4.65. The third-order valence-corrected chi connectivity index (χ3v) is 5.76. The Morgan fingerprint density at radius 2 is 1.65 bits per heavy atom. The number of aromatic nitrogens is 1. The third kappa shape index (κ3) is 4.19. The summed E-state index contributed by atoms with van der Waals surface area (Å²) >= 11 is 0. The van der Waals surface area contributed by atoms with Crippen LogP contribution in [0.3, 0.4) is 0 Å². The Morgan fingerprint density at radius 3 is 2.41 bits per heavy atom. The fourth-order valence-corrected chi connectivity index (χ4v) is 4.07. The summed E-state index contributed by atoms with van der Waals surface area (Å²) in [5, 5.41) is 29.1. The fourth-order valence-electron chi connectivity index (χ4n) is 4.07. The van der Waals surface area contributed by atoms with Crippen molar-refractivity contribution in [2.75, 3.05) is 5.32 Å². The van der Waals surface area contributed by atoms with Crippen LogP contribution in [0.5, 0.6) is 11.5 Å². The molecule has 3 N–H and O–H groups in total. The topological polar surface area (TPSA) is 98.1 Å². The highest BCUT2D eigenvalue weighted by molar-refractivity contribution is 6.04. The molecular formula is C27H22N4O3. The second-order valence-electron chi connectivity index (χ2n) is 7.93. The van der Waals surface area contributed by atoms with E-state index in [0.717, 1.165) is 16.7 Å². The van der Waals surface area contributed by atoms with Gasteiger partial charge in [-0.2, -0.15) is 5.10 Å². The number of anilines is 1. The summed E-state index contributed by atoms with van der Waals surface area (Å²) in [6.45, 7) is 0. The van der Waals surface area contributed by atoms with E-state index in [1.54, 1.807) is 54.9 Å². The summed E-state index contributed by atoms with van der Waals surface area (Å²) in [5.74, 6) is 0.280. The Labute approximate surface area is 196 Å². The van der Waals surface area contributed by atoms with Crippen molar-refractivity contribution in [3.63, 3.8) is 0 Å². The van der Waals surface area contributed by atoms with Crippen LogP contribution in [-0.4, -0.2) is 31.9 Å². The molecule has 1 atom stereocenters. The van der Waals surface area contributed by atoms with Crippen LogP contribution < -0.4 is 5.32 Å². The van der Waals surface area contributed by atoms with Crippen LogP contribution >= 0.6 is 0 Å². The Kier molecular flexibility index (Phi) is 5.66. The lowest BCUT2D eigenvalue weighted by Crippen LogP contribution is -2.31. The molecule has 1 aromatic heterocycles. The Balaban J connectivity index is 1.49. The number of aromatic hydroxyl groups is 2. The van der Waals surface area contributed by atoms with E-state index in [-0.39, 0.29) is 11.5 Å². The van der Waals surface area contributed by atoms with E-state index in [4.69, 9.17) is 0 Å². The molecule has 0 fully saturated rings. The predicted molar refractivity (Wildman–Crippen MR) is 131 cm³/mol. The normalized spacial score (nSPS) is 15.1. The number of para-hydroxylation sites is 2. The number of phenolic OH excluding ortho intramolecular Hbond substituents is 2. The fraction of sp³-hybridized carbons (Fsp3) is 0.0741. The molecule has 2 heterocycles. The number of urea groups is 1. The summed E-state index contributed by atoms with van der Waals surface area (Å²) in [7, 11) is 0. The molecule has 7 heteroatoms. The second kappa shape index (κ2) is 9.07. The van der Waals surface area contributed by atoms with Crippen molar-refractivity contribution in [3.8, 4) is 22.6 Å². The van der Waals surface area contributed by atoms with Gasteiger partial charge in [-0.25, -0.2) is 9.80 Å². The zero-order valence-electron chi connectivity index (χ0n) is 18.2. The summed E-state index contributed by atoms with van der Waals surface area (Å²) in [6.07, 6.45) is 3.84. The van der Waals surface area contributed by atoms with Gasteiger partial charge >= 0.3 is 6.03 Å². The van der Waals surface area contributed by atoms with Crippen molar-refractivity contribution >= 4 is 17.4 Å². The maximum absolute atomic E-state index is 13.5. The standard InChI is InChI=1S/C27H22N4O3/c32-20-13-11-18(12-14-20)21-7-1-3-9-23(21)29-27(34)31-25(22-8-2-4-10-26(22)33)16-24(30-31)19-6-5-15-28-17-19/h1-15,17,25,32-33H,16H2,(H,29,34). The molecule has 7 nitrogen and oxygen atoms in total. The van der Waals surface area contributed by atoms with Gasteiger partial charge in [0.1, 0.15) is 11.5 Å². The number of benzene rings is 3. The number of nitrogens with one attached hydrogen (secondary N) is 1. The highest BCUT2D eigenvalue weighted by Gasteiger charge is 2.35. The number of nitrogens with zero attached hydrogens (tertiary/aromatic N) is 3. The Bertz CT molecular complexity index is 1350. The van der Waals surface area contributed by atoms with Crippen LogP contribution in [0.2, 0.25) is 0 Å². The number of carbonyl (C=O) groups is 1. The number of rotatable bonds is 4. The van der Waals surface area contributed by atoms with E-state index in [1.165, 1.54) is 5.01 Å². The molecule has 4 aromatic rings. The van der Waals surface area contributed by atoms with Gasteiger partial charge in [0.25, 0.3) is 0 Å². The molecule has 0 aliphatic carbocycles. The number of pyridine rings is 1. The lowest BCUT2D eigenvalue weighted by molar-refractivity contribution is 0.199. The van der Waals surface area contributed by atoms with Gasteiger partial charge in [0, 0.05) is 35.5 Å². The molecule has 1 aliphatic heterocycles. The van der Waals surface area contributed by atoms with Crippen molar-refractivity contribution in [3.05, 3.63) is 108 Å². The van der Waals surface area contributed by atoms with E-state index in [1.807, 2.05) is 42.5 Å². The molecule has 168 valence electrons. The minimum atomic E-state index is -0.475. The van der Waals surface area contributed by atoms with Crippen molar-refractivity contribution in [2.45, 2.75) is 12.5 Å². The molecular weight excluding hydrogens is 428 g/mol. The van der Waals surface area contributed by atoms with Gasteiger partial charge in [0.15, 0.2) is 0 Å². The summed E-state index contributed by atoms with van der Waals surface area (Å²) in [5.41, 5.74) is 4.43. The van der Waals surface area contributed by atoms with Gasteiger partial charge in [-0.1, -0.05) is 54.6 Å². The molecule has 0 bridgehead atoms. The van der Waals surface area contributed by atoms with Gasteiger partial charge in [-0.05, 0) is 35.9 Å². The molecule has 0 radical (unpaired) electrons. The van der Waals surface area contributed by atoms with Gasteiger partial charge in [-0.15, -0.1) is 0 Å². The smallest absolute Gasteiger partial charge is 0.342 e. The molecule has 0 saturated heterocycles. The first kappa shape index (κ1) is 21.2. The number of amides is 2. The van der Waals surface area contributed by atoms with Crippen LogP contribution in [0, 0.1) is 0 Å². The van der Waals surface area contributed by atoms with E-state index in [2.05, 4.69) is 15.4 Å². The number of carbonyl (C=O) groups excluding carboxylic acids is 1. The highest BCUT2D eigenvalue weighted by Crippen LogP contribution is 2.38. The van der Waals surface area contributed by atoms with Crippen LogP contribution in [0.1, 0.15) is 23.6 Å². The minimum absolute atomic E-state index is 0.109. The monoisotopic (exact) mass is 450 g/mol. The SMILES string of the molecule is O=C(Nc1ccccc1-c1ccc(O)cc1)N1N=C(c2cccnc2)CC1c1ccccc1O. The zero-order chi connectivity index (χ0) is 23.5. The lowest BCUT2D eigenvalue weighted by Gasteiger charge is -2.23. The maximum atomic E-state index is 13.5. The maximum Gasteiger partial charge on any atom is 0.342 e. The van der Waals surface area contributed by atoms with E-state index in [9.17, 15) is 15.0 Å². The molecule has 1 unspecified atom stereocenters. The molecule has 34 heavy (non-hydrogen) atoms. The van der Waals surface area contributed by atoms with Crippen molar-refractivity contribution in [1.82, 2.24) is 9.99 Å². The van der Waals surface area contributed by atoms with Gasteiger partial charge in [-0.3, -0.25) is 4.98 Å². The van der Waals surface area contributed by atoms with Gasteiger partial charge in [0.2, 0.25) is 0 Å². The molecule has 0 spiro atoms. The Morgan fingerprint density at radius 1 is 0.882 bits per heavy atom. The quantitative estimate of drug-likeness (QED) is 0.380. The first-order valence-corrected chi connectivity index (χ1v) is 10.8. The minimum Gasteiger partial charge on any atom is -0.508 e. The van der Waals surface area contributed by atoms with Gasteiger partial charge < -0.3 is 15.5 Å². The average Bonchev–Trinajstić information content (AvgIpc) is 3.31. The van der Waals surface area contributed by atoms with Gasteiger partial charge in [0.05, 0.1) is 17.4 Å². The number of hydrazone groups is 1. The molecule has 0 saturated carbocycles. The van der Waals surface area contributed by atoms with Crippen molar-refractivity contribution < 1.29 is 15.0 Å². The zero-order valence-corrected chi connectivity index (χ0v) is 18.2. The van der Waals surface area contributed by atoms with E-state index in [0.29, 0.717) is 23.4 Å². The first-order valence-electron chi connectivity index (χ1n) is 10.8. The van der Waals surface area contributed by atoms with E-state index >= 15 is 0 Å². The largest absolute Gasteiger partial charge is 0.508 e. The molecule has 1 aliphatic rings. The van der Waals surface area contributed by atoms with Crippen LogP contribution in [0.4, 0.5) is 10.5 Å². The first-order chi connectivity index (χ1) is 16.6. The van der Waals surface area contributed by atoms with Crippen LogP contribution in [-0.2, 0) is 0 Å². The lowest BCUT2D eigenvalue weighted by atomic mass is 9.98. The number of hydrogen-bond acceptors (Lipinski definition) is 5. The molecule has 5 rings (SSSR count). The van der Waals surface area contributed by atoms with Crippen molar-refractivity contribution in [1.29, 1.82) is 0 Å².